The predicted molar refractivity (Wildman–Crippen MR) is 123 cm³/mol. The van der Waals surface area contributed by atoms with Crippen molar-refractivity contribution in [3.63, 3.8) is 0 Å². The Labute approximate surface area is 189 Å². The fourth-order valence-corrected chi connectivity index (χ4v) is 3.69. The molecule has 2 heterocycles. The lowest BCUT2D eigenvalue weighted by Gasteiger charge is -2.18. The van der Waals surface area contributed by atoms with Crippen molar-refractivity contribution in [1.82, 2.24) is 24.1 Å². The smallest absolute Gasteiger partial charge is 0.323 e. The molecular weight excluding hydrogens is 432 g/mol. The Morgan fingerprint density at radius 2 is 1.91 bits per heavy atom. The van der Waals surface area contributed by atoms with Gasteiger partial charge in [0.1, 0.15) is 5.84 Å². The number of nitrogens with zero attached hydrogens (tertiary/aromatic N) is 5. The van der Waals surface area contributed by atoms with Crippen molar-refractivity contribution in [3.05, 3.63) is 62.0 Å². The molecule has 11 heteroatoms. The van der Waals surface area contributed by atoms with Gasteiger partial charge in [-0.2, -0.15) is 10.5 Å². The number of rotatable bonds is 11. The molecular formula is C21H27ClN8O2. The lowest BCUT2D eigenvalue weighted by molar-refractivity contribution is 0.369. The molecule has 0 aliphatic carbocycles. The van der Waals surface area contributed by atoms with Crippen LogP contribution in [0.5, 0.6) is 0 Å². The number of fused-ring (bicyclic) bond motifs is 1. The maximum Gasteiger partial charge on any atom is 0.332 e. The first-order valence-electron chi connectivity index (χ1n) is 10.6. The molecule has 32 heavy (non-hydrogen) atoms. The fraction of sp³-hybridized carbons (Fsp3) is 0.429. The van der Waals surface area contributed by atoms with Crippen LogP contribution < -0.4 is 11.2 Å². The zero-order valence-electron chi connectivity index (χ0n) is 18.0. The molecule has 0 amide bonds. The topological polar surface area (TPSA) is 136 Å². The second kappa shape index (κ2) is 10.9. The van der Waals surface area contributed by atoms with E-state index in [-0.39, 0.29) is 35.4 Å². The van der Waals surface area contributed by atoms with Gasteiger partial charge in [0.15, 0.2) is 11.2 Å². The number of imidazole rings is 1. The molecule has 0 spiro atoms. The second-order valence-corrected chi connectivity index (χ2v) is 7.84. The molecule has 0 atom stereocenters. The summed E-state index contributed by atoms with van der Waals surface area (Å²) in [6.45, 7) is 2.83. The first-order chi connectivity index (χ1) is 15.5. The average molecular weight is 459 g/mol. The summed E-state index contributed by atoms with van der Waals surface area (Å²) in [5.74, 6) is 0.215. The van der Waals surface area contributed by atoms with Gasteiger partial charge in [-0.15, -0.1) is 0 Å². The lowest BCUT2D eigenvalue weighted by Crippen LogP contribution is -2.41. The van der Waals surface area contributed by atoms with Gasteiger partial charge in [0, 0.05) is 26.1 Å². The highest BCUT2D eigenvalue weighted by Gasteiger charge is 2.17. The number of H-pyrrole nitrogens is 1. The van der Waals surface area contributed by atoms with Crippen molar-refractivity contribution in [3.8, 4) is 0 Å². The van der Waals surface area contributed by atoms with Gasteiger partial charge in [0.2, 0.25) is 5.28 Å². The van der Waals surface area contributed by atoms with Gasteiger partial charge in [0.05, 0.1) is 0 Å². The number of aryl methyl sites for hydroxylation is 2. The highest BCUT2D eigenvalue weighted by Crippen LogP contribution is 2.11. The van der Waals surface area contributed by atoms with Gasteiger partial charge in [-0.1, -0.05) is 48.9 Å². The molecule has 0 radical (unpaired) electrons. The maximum absolute atomic E-state index is 13.0. The number of unbranched alkanes of at least 4 members (excludes halogenated alkanes) is 1. The number of halogens is 1. The van der Waals surface area contributed by atoms with Gasteiger partial charge >= 0.3 is 5.69 Å². The van der Waals surface area contributed by atoms with E-state index in [0.29, 0.717) is 25.8 Å². The second-order valence-electron chi connectivity index (χ2n) is 7.48. The summed E-state index contributed by atoms with van der Waals surface area (Å²) in [4.78, 5) is 32.6. The Bertz CT molecular complexity index is 1200. The lowest BCUT2D eigenvalue weighted by atomic mass is 10.1. The monoisotopic (exact) mass is 458 g/mol. The van der Waals surface area contributed by atoms with Crippen LogP contribution in [-0.4, -0.2) is 36.5 Å². The molecule has 3 rings (SSSR count). The van der Waals surface area contributed by atoms with Crippen LogP contribution in [0, 0.1) is 10.9 Å². The van der Waals surface area contributed by atoms with Crippen LogP contribution in [0.4, 0.5) is 0 Å². The molecule has 1 aromatic carbocycles. The molecule has 0 bridgehead atoms. The van der Waals surface area contributed by atoms with Crippen molar-refractivity contribution in [1.29, 1.82) is 10.9 Å². The zero-order valence-corrected chi connectivity index (χ0v) is 18.7. The summed E-state index contributed by atoms with van der Waals surface area (Å²) < 4.78 is 2.62. The molecule has 0 saturated carbocycles. The van der Waals surface area contributed by atoms with E-state index in [0.717, 1.165) is 23.0 Å². The Balaban J connectivity index is 1.70. The molecule has 0 saturated heterocycles. The van der Waals surface area contributed by atoms with Crippen molar-refractivity contribution in [2.45, 2.75) is 52.1 Å². The van der Waals surface area contributed by atoms with Crippen molar-refractivity contribution in [2.75, 3.05) is 6.54 Å². The van der Waals surface area contributed by atoms with E-state index in [4.69, 9.17) is 22.5 Å². The Morgan fingerprint density at radius 1 is 1.19 bits per heavy atom. The minimum atomic E-state index is -0.481. The summed E-state index contributed by atoms with van der Waals surface area (Å²) in [7, 11) is 0. The van der Waals surface area contributed by atoms with E-state index in [1.807, 2.05) is 37.3 Å². The summed E-state index contributed by atoms with van der Waals surface area (Å²) >= 11 is 5.95. The van der Waals surface area contributed by atoms with Gasteiger partial charge in [-0.05, 0) is 36.4 Å². The minimum Gasteiger partial charge on any atom is -0.323 e. The Morgan fingerprint density at radius 3 is 2.59 bits per heavy atom. The number of amidine groups is 1. The Kier molecular flexibility index (Phi) is 7.93. The maximum atomic E-state index is 13.0. The molecule has 0 aliphatic heterocycles. The average Bonchev–Trinajstić information content (AvgIpc) is 3.19. The third-order valence-corrected chi connectivity index (χ3v) is 5.42. The van der Waals surface area contributed by atoms with Crippen molar-refractivity contribution in [2.24, 2.45) is 5.22 Å². The van der Waals surface area contributed by atoms with Crippen LogP contribution >= 0.6 is 11.6 Å². The third kappa shape index (κ3) is 5.31. The predicted octanol–water partition coefficient (Wildman–Crippen LogP) is 3.59. The van der Waals surface area contributed by atoms with E-state index in [1.165, 1.54) is 9.58 Å². The van der Waals surface area contributed by atoms with Crippen LogP contribution in [0.3, 0.4) is 0 Å². The van der Waals surface area contributed by atoms with Gasteiger partial charge in [0.25, 0.3) is 5.56 Å². The van der Waals surface area contributed by atoms with Crippen molar-refractivity contribution >= 4 is 28.6 Å². The highest BCUT2D eigenvalue weighted by molar-refractivity contribution is 6.28. The minimum absolute atomic E-state index is 0.0607. The van der Waals surface area contributed by atoms with Crippen LogP contribution in [-0.2, 0) is 19.5 Å². The first-order valence-corrected chi connectivity index (χ1v) is 11.0. The quantitative estimate of drug-likeness (QED) is 0.133. The third-order valence-electron chi connectivity index (χ3n) is 5.24. The molecule has 3 N–H and O–H groups in total. The van der Waals surface area contributed by atoms with E-state index in [9.17, 15) is 9.59 Å². The van der Waals surface area contributed by atoms with Gasteiger partial charge in [-0.3, -0.25) is 19.3 Å². The molecule has 0 fully saturated rings. The Hall–Kier alpha value is -3.27. The van der Waals surface area contributed by atoms with Crippen LogP contribution in [0.2, 0.25) is 5.28 Å². The van der Waals surface area contributed by atoms with Gasteiger partial charge < -0.3 is 4.98 Å². The SMILES string of the molecule is CCCCn1c(=O)n(CCCN(N=N)C(=N)CCc2ccccc2)c(=O)c2[nH]c(Cl)nc21. The molecule has 10 nitrogen and oxygen atoms in total. The van der Waals surface area contributed by atoms with E-state index in [1.54, 1.807) is 0 Å². The first kappa shape index (κ1) is 23.4. The highest BCUT2D eigenvalue weighted by atomic mass is 35.5. The van der Waals surface area contributed by atoms with Crippen LogP contribution in [0.1, 0.15) is 38.2 Å². The van der Waals surface area contributed by atoms with Crippen LogP contribution in [0.25, 0.3) is 11.2 Å². The fourth-order valence-electron chi connectivity index (χ4n) is 3.51. The normalized spacial score (nSPS) is 11.1. The molecule has 0 unspecified atom stereocenters. The van der Waals surface area contributed by atoms with E-state index < -0.39 is 11.2 Å². The molecule has 2 aromatic heterocycles. The number of aromatic amines is 1. The number of hydrogen-bond acceptors (Lipinski definition) is 6. The van der Waals surface area contributed by atoms with Crippen LogP contribution in [0.15, 0.2) is 45.1 Å². The summed E-state index contributed by atoms with van der Waals surface area (Å²) in [6, 6.07) is 9.81. The standard InChI is InChI=1S/C21H27ClN8O2/c1-2-3-12-28-18-17(25-20(22)26-18)19(31)29(21(28)32)13-7-14-30(27-24)16(23)11-10-15-8-5-4-6-9-15/h4-6,8-9,23-24H,2-3,7,10-14H2,1H3,(H,25,26). The number of hydrogen-bond donors (Lipinski definition) is 3. The van der Waals surface area contributed by atoms with Crippen molar-refractivity contribution < 1.29 is 0 Å². The van der Waals surface area contributed by atoms with E-state index in [2.05, 4.69) is 15.2 Å². The summed E-state index contributed by atoms with van der Waals surface area (Å²) in [5, 5.41) is 13.0. The molecule has 0 aliphatic rings. The zero-order chi connectivity index (χ0) is 23.1. The molecule has 3 aromatic rings. The summed E-state index contributed by atoms with van der Waals surface area (Å²) in [5.41, 5.74) is 8.06. The van der Waals surface area contributed by atoms with E-state index >= 15 is 0 Å². The molecule has 170 valence electrons. The largest absolute Gasteiger partial charge is 0.332 e. The number of benzene rings is 1. The summed E-state index contributed by atoms with van der Waals surface area (Å²) in [6.07, 6.45) is 3.13. The number of nitrogens with one attached hydrogen (secondary N) is 3. The van der Waals surface area contributed by atoms with Gasteiger partial charge in [-0.25, -0.2) is 9.80 Å². The number of aromatic nitrogens is 4.